The summed E-state index contributed by atoms with van der Waals surface area (Å²) in [7, 11) is 0. The molecule has 0 aliphatic rings. The molecule has 0 atom stereocenters. The highest BCUT2D eigenvalue weighted by Crippen LogP contribution is 2.39. The van der Waals surface area contributed by atoms with Crippen molar-refractivity contribution in [1.29, 1.82) is 0 Å². The number of aliphatic hydroxyl groups excluding tert-OH is 1. The fraction of sp³-hybridized carbons (Fsp3) is 0.143. The highest BCUT2D eigenvalue weighted by Gasteiger charge is 2.33. The Balaban J connectivity index is 2.67. The lowest BCUT2D eigenvalue weighted by atomic mass is 9.96. The number of nitrogen functional groups attached to an aromatic ring is 1. The molecule has 0 bridgehead atoms. The van der Waals surface area contributed by atoms with Crippen molar-refractivity contribution < 1.29 is 18.3 Å². The lowest BCUT2D eigenvalue weighted by Gasteiger charge is -2.15. The Labute approximate surface area is 108 Å². The smallest absolute Gasteiger partial charge is 0.398 e. The molecule has 0 radical (unpaired) electrons. The Morgan fingerprint density at radius 3 is 2.21 bits per heavy atom. The minimum Gasteiger partial charge on any atom is -0.398 e. The van der Waals surface area contributed by atoms with Gasteiger partial charge in [-0.2, -0.15) is 13.2 Å². The summed E-state index contributed by atoms with van der Waals surface area (Å²) in [5.74, 6) is 0. The van der Waals surface area contributed by atoms with E-state index in [1.807, 2.05) is 0 Å². The minimum atomic E-state index is -4.45. The fourth-order valence-electron chi connectivity index (χ4n) is 1.95. The van der Waals surface area contributed by atoms with E-state index < -0.39 is 11.7 Å². The van der Waals surface area contributed by atoms with Gasteiger partial charge in [0.25, 0.3) is 0 Å². The number of nitrogens with two attached hydrogens (primary N) is 1. The van der Waals surface area contributed by atoms with Gasteiger partial charge in [0.05, 0.1) is 12.2 Å². The van der Waals surface area contributed by atoms with Crippen molar-refractivity contribution in [3.8, 4) is 11.1 Å². The van der Waals surface area contributed by atoms with Crippen LogP contribution in [0.1, 0.15) is 11.1 Å². The Bertz CT molecular complexity index is 593. The van der Waals surface area contributed by atoms with Gasteiger partial charge in [0, 0.05) is 16.8 Å². The van der Waals surface area contributed by atoms with E-state index in [1.165, 1.54) is 24.3 Å². The summed E-state index contributed by atoms with van der Waals surface area (Å²) < 4.78 is 38.9. The number of hydrogen-bond donors (Lipinski definition) is 2. The predicted octanol–water partition coefficient (Wildman–Crippen LogP) is 3.45. The number of anilines is 1. The average Bonchev–Trinajstić information content (AvgIpc) is 2.38. The molecule has 3 N–H and O–H groups in total. The van der Waals surface area contributed by atoms with Crippen LogP contribution in [0.15, 0.2) is 42.5 Å². The van der Waals surface area contributed by atoms with Crippen LogP contribution in [0.4, 0.5) is 18.9 Å². The molecule has 0 amide bonds. The number of hydrogen-bond acceptors (Lipinski definition) is 2. The normalized spacial score (nSPS) is 11.6. The maximum absolute atomic E-state index is 13.0. The van der Waals surface area contributed by atoms with Crippen molar-refractivity contribution in [2.24, 2.45) is 0 Å². The highest BCUT2D eigenvalue weighted by molar-refractivity contribution is 5.80. The molecule has 0 aliphatic carbocycles. The molecule has 100 valence electrons. The van der Waals surface area contributed by atoms with Crippen LogP contribution < -0.4 is 5.73 Å². The van der Waals surface area contributed by atoms with Crippen LogP contribution in [0.3, 0.4) is 0 Å². The van der Waals surface area contributed by atoms with E-state index >= 15 is 0 Å². The molecule has 2 aromatic carbocycles. The second-order valence-electron chi connectivity index (χ2n) is 4.08. The van der Waals surface area contributed by atoms with Crippen molar-refractivity contribution in [2.75, 3.05) is 5.73 Å². The van der Waals surface area contributed by atoms with E-state index in [0.717, 1.165) is 6.07 Å². The lowest BCUT2D eigenvalue weighted by molar-refractivity contribution is -0.137. The summed E-state index contributed by atoms with van der Waals surface area (Å²) in [6.45, 7) is -0.312. The van der Waals surface area contributed by atoms with Crippen molar-refractivity contribution >= 4 is 5.69 Å². The van der Waals surface area contributed by atoms with Crippen molar-refractivity contribution in [1.82, 2.24) is 0 Å². The molecule has 0 heterocycles. The summed E-state index contributed by atoms with van der Waals surface area (Å²) in [5.41, 5.74) is 5.95. The summed E-state index contributed by atoms with van der Waals surface area (Å²) in [5, 5.41) is 9.12. The van der Waals surface area contributed by atoms with Gasteiger partial charge in [-0.25, -0.2) is 0 Å². The molecule has 0 unspecified atom stereocenters. The zero-order chi connectivity index (χ0) is 14.0. The summed E-state index contributed by atoms with van der Waals surface area (Å²) in [4.78, 5) is 0. The molecular weight excluding hydrogens is 255 g/mol. The zero-order valence-corrected chi connectivity index (χ0v) is 9.91. The predicted molar refractivity (Wildman–Crippen MR) is 67.2 cm³/mol. The third-order valence-electron chi connectivity index (χ3n) is 2.89. The van der Waals surface area contributed by atoms with Crippen LogP contribution in [-0.4, -0.2) is 5.11 Å². The molecule has 2 aromatic rings. The number of rotatable bonds is 2. The van der Waals surface area contributed by atoms with E-state index in [4.69, 9.17) is 10.8 Å². The first-order chi connectivity index (χ1) is 8.95. The van der Waals surface area contributed by atoms with Crippen molar-refractivity contribution in [3.63, 3.8) is 0 Å². The van der Waals surface area contributed by atoms with Crippen LogP contribution >= 0.6 is 0 Å². The molecule has 2 nitrogen and oxygen atoms in total. The molecule has 0 saturated carbocycles. The van der Waals surface area contributed by atoms with E-state index in [2.05, 4.69) is 0 Å². The Morgan fingerprint density at radius 1 is 0.947 bits per heavy atom. The van der Waals surface area contributed by atoms with Crippen molar-refractivity contribution in [2.45, 2.75) is 12.8 Å². The first-order valence-corrected chi connectivity index (χ1v) is 5.60. The molecule has 0 aromatic heterocycles. The first-order valence-electron chi connectivity index (χ1n) is 5.60. The number of aliphatic hydroxyl groups is 1. The maximum Gasteiger partial charge on any atom is 0.417 e. The van der Waals surface area contributed by atoms with Gasteiger partial charge in [0.15, 0.2) is 0 Å². The molecule has 5 heteroatoms. The molecule has 0 spiro atoms. The Kier molecular flexibility index (Phi) is 3.48. The third kappa shape index (κ3) is 2.56. The van der Waals surface area contributed by atoms with Gasteiger partial charge in [-0.3, -0.25) is 0 Å². The van der Waals surface area contributed by atoms with Gasteiger partial charge in [-0.15, -0.1) is 0 Å². The van der Waals surface area contributed by atoms with E-state index in [0.29, 0.717) is 5.56 Å². The van der Waals surface area contributed by atoms with Crippen LogP contribution in [0.25, 0.3) is 11.1 Å². The largest absolute Gasteiger partial charge is 0.417 e. The topological polar surface area (TPSA) is 46.2 Å². The molecule has 0 aliphatic heterocycles. The molecule has 19 heavy (non-hydrogen) atoms. The van der Waals surface area contributed by atoms with Gasteiger partial charge >= 0.3 is 6.18 Å². The maximum atomic E-state index is 13.0. The summed E-state index contributed by atoms with van der Waals surface area (Å²) in [6, 6.07) is 9.91. The highest BCUT2D eigenvalue weighted by atomic mass is 19.4. The van der Waals surface area contributed by atoms with E-state index in [1.54, 1.807) is 12.1 Å². The van der Waals surface area contributed by atoms with Gasteiger partial charge < -0.3 is 10.8 Å². The van der Waals surface area contributed by atoms with Crippen LogP contribution in [-0.2, 0) is 12.8 Å². The summed E-state index contributed by atoms with van der Waals surface area (Å²) >= 11 is 0. The molecule has 0 fully saturated rings. The fourth-order valence-corrected chi connectivity index (χ4v) is 1.95. The average molecular weight is 267 g/mol. The standard InChI is InChI=1S/C14H12F3NO/c15-14(16,17)12-7-2-1-5-10(12)11-6-3-4-9(8-19)13(11)18/h1-7,19H,8,18H2. The van der Waals surface area contributed by atoms with Gasteiger partial charge in [0.2, 0.25) is 0 Å². The Morgan fingerprint density at radius 2 is 1.58 bits per heavy atom. The number of benzene rings is 2. The van der Waals surface area contributed by atoms with Crippen LogP contribution in [0.5, 0.6) is 0 Å². The van der Waals surface area contributed by atoms with Crippen LogP contribution in [0, 0.1) is 0 Å². The van der Waals surface area contributed by atoms with Gasteiger partial charge in [0.1, 0.15) is 0 Å². The van der Waals surface area contributed by atoms with E-state index in [9.17, 15) is 13.2 Å². The molecule has 2 rings (SSSR count). The second kappa shape index (κ2) is 4.93. The SMILES string of the molecule is Nc1c(CO)cccc1-c1ccccc1C(F)(F)F. The minimum absolute atomic E-state index is 0.0165. The van der Waals surface area contributed by atoms with Gasteiger partial charge in [-0.05, 0) is 11.6 Å². The monoisotopic (exact) mass is 267 g/mol. The lowest BCUT2D eigenvalue weighted by Crippen LogP contribution is -2.08. The quantitative estimate of drug-likeness (QED) is 0.819. The number of para-hydroxylation sites is 1. The van der Waals surface area contributed by atoms with Crippen LogP contribution in [0.2, 0.25) is 0 Å². The van der Waals surface area contributed by atoms with Gasteiger partial charge in [-0.1, -0.05) is 36.4 Å². The van der Waals surface area contributed by atoms with E-state index in [-0.39, 0.29) is 23.4 Å². The second-order valence-corrected chi connectivity index (χ2v) is 4.08. The number of alkyl halides is 3. The Hall–Kier alpha value is -2.01. The van der Waals surface area contributed by atoms with Crippen molar-refractivity contribution in [3.05, 3.63) is 53.6 Å². The first kappa shape index (κ1) is 13.4. The molecule has 0 saturated heterocycles. The number of halogens is 3. The third-order valence-corrected chi connectivity index (χ3v) is 2.89. The molecular formula is C14H12F3NO. The zero-order valence-electron chi connectivity index (χ0n) is 9.91. The summed E-state index contributed by atoms with van der Waals surface area (Å²) in [6.07, 6.45) is -4.45.